The van der Waals surface area contributed by atoms with E-state index in [9.17, 15) is 9.90 Å². The van der Waals surface area contributed by atoms with Crippen LogP contribution in [0.2, 0.25) is 5.02 Å². The Morgan fingerprint density at radius 1 is 1.14 bits per heavy atom. The summed E-state index contributed by atoms with van der Waals surface area (Å²) >= 11 is 5.87. The fourth-order valence-corrected chi connectivity index (χ4v) is 3.93. The fourth-order valence-electron chi connectivity index (χ4n) is 3.81. The molecule has 1 fully saturated rings. The number of hydrogen-bond acceptors (Lipinski definition) is 4. The van der Waals surface area contributed by atoms with Crippen molar-refractivity contribution < 1.29 is 9.90 Å². The topological polar surface area (TPSA) is 79.5 Å². The van der Waals surface area contributed by atoms with E-state index in [2.05, 4.69) is 0 Å². The lowest BCUT2D eigenvalue weighted by Crippen LogP contribution is -2.40. The Morgan fingerprint density at radius 3 is 2.54 bits per heavy atom. The molecule has 1 aliphatic heterocycles. The molecule has 0 bridgehead atoms. The van der Waals surface area contributed by atoms with Gasteiger partial charge in [0.25, 0.3) is 5.91 Å². The zero-order chi connectivity index (χ0) is 19.7. The summed E-state index contributed by atoms with van der Waals surface area (Å²) in [5.74, 6) is -0.0680. The number of pyridine rings is 1. The summed E-state index contributed by atoms with van der Waals surface area (Å²) in [5, 5.41) is 12.0. The van der Waals surface area contributed by atoms with Crippen LogP contribution in [0.4, 0.5) is 5.69 Å². The second-order valence-electron chi connectivity index (χ2n) is 7.21. The van der Waals surface area contributed by atoms with Crippen LogP contribution >= 0.6 is 11.6 Å². The number of piperidine rings is 1. The van der Waals surface area contributed by atoms with E-state index >= 15 is 0 Å². The second-order valence-corrected chi connectivity index (χ2v) is 7.65. The van der Waals surface area contributed by atoms with Gasteiger partial charge in [0.15, 0.2) is 6.10 Å². The number of carbonyl (C=O) groups excluding carboxylic acids is 1. The predicted octanol–water partition coefficient (Wildman–Crippen LogP) is 3.91. The summed E-state index contributed by atoms with van der Waals surface area (Å²) in [6.07, 6.45) is 0.376. The number of benzene rings is 2. The van der Waals surface area contributed by atoms with Gasteiger partial charge in [0, 0.05) is 29.4 Å². The number of hydrogen-bond donors (Lipinski definition) is 2. The lowest BCUT2D eigenvalue weighted by molar-refractivity contribution is -0.141. The van der Waals surface area contributed by atoms with Gasteiger partial charge in [-0.3, -0.25) is 9.78 Å². The van der Waals surface area contributed by atoms with E-state index in [1.165, 1.54) is 0 Å². The summed E-state index contributed by atoms with van der Waals surface area (Å²) in [6.45, 7) is 1.14. The second kappa shape index (κ2) is 7.78. The van der Waals surface area contributed by atoms with Gasteiger partial charge >= 0.3 is 0 Å². The molecule has 0 aliphatic carbocycles. The zero-order valence-electron chi connectivity index (χ0n) is 15.4. The zero-order valence-corrected chi connectivity index (χ0v) is 16.1. The van der Waals surface area contributed by atoms with E-state index < -0.39 is 6.10 Å². The standard InChI is InChI=1S/C22H22ClN3O2/c23-17-7-5-15(6-8-17)21(27)22(28)26-11-9-14(10-12-26)20-18(24)13-16-3-1-2-4-19(16)25-20/h1-8,13-14,21,27H,9-12,24H2/t21-/m1/s1. The molecular formula is C22H22ClN3O2. The Balaban J connectivity index is 1.45. The number of nitrogen functional groups attached to an aromatic ring is 1. The van der Waals surface area contributed by atoms with Gasteiger partial charge in [-0.15, -0.1) is 0 Å². The third-order valence-corrected chi connectivity index (χ3v) is 5.65. The van der Waals surface area contributed by atoms with E-state index in [1.54, 1.807) is 29.2 Å². The summed E-state index contributed by atoms with van der Waals surface area (Å²) < 4.78 is 0. The lowest BCUT2D eigenvalue weighted by atomic mass is 9.91. The van der Waals surface area contributed by atoms with Crippen LogP contribution in [0.1, 0.15) is 36.1 Å². The van der Waals surface area contributed by atoms with Crippen molar-refractivity contribution in [3.05, 3.63) is 70.9 Å². The van der Waals surface area contributed by atoms with Crippen molar-refractivity contribution in [1.82, 2.24) is 9.88 Å². The number of carbonyl (C=O) groups is 1. The molecule has 5 nitrogen and oxygen atoms in total. The number of aliphatic hydroxyl groups is 1. The van der Waals surface area contributed by atoms with Crippen LogP contribution in [0.3, 0.4) is 0 Å². The minimum atomic E-state index is -1.17. The van der Waals surface area contributed by atoms with Gasteiger partial charge in [-0.2, -0.15) is 0 Å². The van der Waals surface area contributed by atoms with Gasteiger partial charge in [0.05, 0.1) is 16.9 Å². The number of nitrogens with zero attached hydrogens (tertiary/aromatic N) is 2. The van der Waals surface area contributed by atoms with Crippen molar-refractivity contribution in [2.45, 2.75) is 24.9 Å². The first-order chi connectivity index (χ1) is 13.5. The summed E-state index contributed by atoms with van der Waals surface area (Å²) in [7, 11) is 0. The molecule has 3 aromatic rings. The molecule has 0 unspecified atom stereocenters. The van der Waals surface area contributed by atoms with Gasteiger partial charge in [-0.1, -0.05) is 41.9 Å². The molecule has 1 aromatic heterocycles. The molecule has 4 rings (SSSR count). The van der Waals surface area contributed by atoms with Crippen molar-refractivity contribution in [3.8, 4) is 0 Å². The molecule has 0 radical (unpaired) electrons. The highest BCUT2D eigenvalue weighted by molar-refractivity contribution is 6.30. The van der Waals surface area contributed by atoms with Crippen LogP contribution in [-0.2, 0) is 4.79 Å². The molecular weight excluding hydrogens is 374 g/mol. The summed E-state index contributed by atoms with van der Waals surface area (Å²) in [6, 6.07) is 16.6. The van der Waals surface area contributed by atoms with Crippen LogP contribution in [0.25, 0.3) is 10.9 Å². The molecule has 1 saturated heterocycles. The minimum absolute atomic E-state index is 0.210. The molecule has 0 spiro atoms. The van der Waals surface area contributed by atoms with Gasteiger partial charge < -0.3 is 15.7 Å². The number of para-hydroxylation sites is 1. The van der Waals surface area contributed by atoms with Gasteiger partial charge in [-0.05, 0) is 42.7 Å². The number of fused-ring (bicyclic) bond motifs is 1. The van der Waals surface area contributed by atoms with Crippen LogP contribution in [0.5, 0.6) is 0 Å². The molecule has 3 N–H and O–H groups in total. The van der Waals surface area contributed by atoms with E-state index in [4.69, 9.17) is 22.3 Å². The number of aliphatic hydroxyl groups excluding tert-OH is 1. The molecule has 28 heavy (non-hydrogen) atoms. The lowest BCUT2D eigenvalue weighted by Gasteiger charge is -2.33. The van der Waals surface area contributed by atoms with Crippen LogP contribution in [0.15, 0.2) is 54.6 Å². The Kier molecular flexibility index (Phi) is 5.20. The number of rotatable bonds is 3. The van der Waals surface area contributed by atoms with E-state index in [0.717, 1.165) is 29.4 Å². The Morgan fingerprint density at radius 2 is 1.82 bits per heavy atom. The number of amides is 1. The Labute approximate surface area is 168 Å². The summed E-state index contributed by atoms with van der Waals surface area (Å²) in [4.78, 5) is 19.2. The highest BCUT2D eigenvalue weighted by atomic mass is 35.5. The maximum absolute atomic E-state index is 12.7. The third-order valence-electron chi connectivity index (χ3n) is 5.40. The molecule has 2 aromatic carbocycles. The molecule has 144 valence electrons. The Bertz CT molecular complexity index is 998. The van der Waals surface area contributed by atoms with Crippen LogP contribution < -0.4 is 5.73 Å². The molecule has 1 amide bonds. The van der Waals surface area contributed by atoms with Crippen LogP contribution in [0, 0.1) is 0 Å². The quantitative estimate of drug-likeness (QED) is 0.704. The molecule has 0 saturated carbocycles. The first kappa shape index (κ1) is 18.7. The molecule has 1 atom stereocenters. The SMILES string of the molecule is Nc1cc2ccccc2nc1C1CCN(C(=O)[C@H](O)c2ccc(Cl)cc2)CC1. The monoisotopic (exact) mass is 395 g/mol. The number of aromatic nitrogens is 1. The summed E-state index contributed by atoms with van der Waals surface area (Å²) in [5.41, 5.74) is 9.35. The third kappa shape index (κ3) is 3.68. The van der Waals surface area contributed by atoms with E-state index in [-0.39, 0.29) is 11.8 Å². The maximum Gasteiger partial charge on any atom is 0.256 e. The van der Waals surface area contributed by atoms with E-state index in [0.29, 0.717) is 29.4 Å². The van der Waals surface area contributed by atoms with Crippen LogP contribution in [-0.4, -0.2) is 34.0 Å². The smallest absolute Gasteiger partial charge is 0.256 e. The average Bonchev–Trinajstić information content (AvgIpc) is 2.73. The fraction of sp³-hybridized carbons (Fsp3) is 0.273. The van der Waals surface area contributed by atoms with Crippen molar-refractivity contribution in [1.29, 1.82) is 0 Å². The Hall–Kier alpha value is -2.63. The first-order valence-corrected chi connectivity index (χ1v) is 9.78. The van der Waals surface area contributed by atoms with Crippen molar-refractivity contribution >= 4 is 34.1 Å². The van der Waals surface area contributed by atoms with Crippen molar-refractivity contribution in [2.75, 3.05) is 18.8 Å². The number of nitrogens with two attached hydrogens (primary N) is 1. The highest BCUT2D eigenvalue weighted by Gasteiger charge is 2.29. The number of likely N-dealkylation sites (tertiary alicyclic amines) is 1. The maximum atomic E-state index is 12.7. The molecule has 1 aliphatic rings. The highest BCUT2D eigenvalue weighted by Crippen LogP contribution is 2.33. The number of anilines is 1. The number of halogens is 1. The minimum Gasteiger partial charge on any atom is -0.397 e. The van der Waals surface area contributed by atoms with E-state index in [1.807, 2.05) is 30.3 Å². The average molecular weight is 396 g/mol. The normalized spacial score (nSPS) is 16.3. The molecule has 6 heteroatoms. The van der Waals surface area contributed by atoms with Crippen molar-refractivity contribution in [3.63, 3.8) is 0 Å². The van der Waals surface area contributed by atoms with Crippen molar-refractivity contribution in [2.24, 2.45) is 0 Å². The largest absolute Gasteiger partial charge is 0.397 e. The van der Waals surface area contributed by atoms with Gasteiger partial charge in [0.2, 0.25) is 0 Å². The van der Waals surface area contributed by atoms with Gasteiger partial charge in [-0.25, -0.2) is 0 Å². The predicted molar refractivity (Wildman–Crippen MR) is 111 cm³/mol. The molecule has 2 heterocycles. The first-order valence-electron chi connectivity index (χ1n) is 9.40. The van der Waals surface area contributed by atoms with Gasteiger partial charge in [0.1, 0.15) is 0 Å².